The molecule has 2 aromatic carbocycles. The fourth-order valence-corrected chi connectivity index (χ4v) is 4.01. The predicted octanol–water partition coefficient (Wildman–Crippen LogP) is 3.09. The Kier molecular flexibility index (Phi) is 6.08. The van der Waals surface area contributed by atoms with Gasteiger partial charge in [-0.1, -0.05) is 11.2 Å². The number of nitrogens with zero attached hydrogens (tertiary/aromatic N) is 4. The Hall–Kier alpha value is -3.52. The lowest BCUT2D eigenvalue weighted by molar-refractivity contribution is 0.250. The van der Waals surface area contributed by atoms with Gasteiger partial charge in [-0.15, -0.1) is 0 Å². The average molecular weight is 422 g/mol. The number of phenols is 1. The molecule has 3 aromatic rings. The average Bonchev–Trinajstić information content (AvgIpc) is 2.80. The Labute approximate surface area is 180 Å². The number of hydrogen-bond acceptors (Lipinski definition) is 8. The van der Waals surface area contributed by atoms with E-state index in [9.17, 15) is 5.11 Å². The molecular formula is C23H26N4O4. The quantitative estimate of drug-likeness (QED) is 0.358. The first kappa shape index (κ1) is 20.7. The van der Waals surface area contributed by atoms with Crippen molar-refractivity contribution in [1.29, 1.82) is 0 Å². The molecule has 0 amide bonds. The highest BCUT2D eigenvalue weighted by molar-refractivity contribution is 5.94. The summed E-state index contributed by atoms with van der Waals surface area (Å²) in [6, 6.07) is 11.3. The minimum Gasteiger partial charge on any atom is -0.507 e. The smallest absolute Gasteiger partial charge is 0.162 e. The van der Waals surface area contributed by atoms with Gasteiger partial charge in [-0.05, 0) is 29.8 Å². The van der Waals surface area contributed by atoms with Gasteiger partial charge in [-0.3, -0.25) is 9.88 Å². The number of rotatable bonds is 6. The van der Waals surface area contributed by atoms with E-state index >= 15 is 0 Å². The molecule has 31 heavy (non-hydrogen) atoms. The molecule has 0 unspecified atom stereocenters. The maximum atomic E-state index is 9.85. The number of ether oxygens (including phenoxy) is 2. The summed E-state index contributed by atoms with van der Waals surface area (Å²) in [7, 11) is 3.26. The number of piperazine rings is 1. The topological polar surface area (TPSA) is 90.7 Å². The van der Waals surface area contributed by atoms with Crippen LogP contribution in [0.5, 0.6) is 17.2 Å². The van der Waals surface area contributed by atoms with Crippen LogP contribution in [0.3, 0.4) is 0 Å². The van der Waals surface area contributed by atoms with Gasteiger partial charge in [0, 0.05) is 61.6 Å². The summed E-state index contributed by atoms with van der Waals surface area (Å²) in [5.41, 5.74) is 3.58. The van der Waals surface area contributed by atoms with Crippen molar-refractivity contribution < 1.29 is 19.8 Å². The van der Waals surface area contributed by atoms with Crippen LogP contribution in [-0.2, 0) is 6.54 Å². The molecular weight excluding hydrogens is 396 g/mol. The van der Waals surface area contributed by atoms with Crippen LogP contribution in [-0.4, -0.2) is 66.8 Å². The highest BCUT2D eigenvalue weighted by atomic mass is 16.5. The second kappa shape index (κ2) is 9.09. The number of phenolic OH excluding ortho intramolecular Hbond substituents is 1. The third kappa shape index (κ3) is 4.34. The van der Waals surface area contributed by atoms with Crippen LogP contribution in [0.25, 0.3) is 10.9 Å². The zero-order chi connectivity index (χ0) is 21.8. The Morgan fingerprint density at radius 2 is 1.77 bits per heavy atom. The first-order valence-electron chi connectivity index (χ1n) is 10.1. The monoisotopic (exact) mass is 422 g/mol. The van der Waals surface area contributed by atoms with E-state index in [1.165, 1.54) is 6.21 Å². The Morgan fingerprint density at radius 3 is 2.48 bits per heavy atom. The minimum atomic E-state index is 0.1000. The number of methoxy groups -OCH3 is 2. The van der Waals surface area contributed by atoms with Gasteiger partial charge in [0.2, 0.25) is 0 Å². The van der Waals surface area contributed by atoms with Crippen LogP contribution in [0.4, 0.5) is 5.69 Å². The third-order valence-corrected chi connectivity index (χ3v) is 5.63. The van der Waals surface area contributed by atoms with E-state index < -0.39 is 0 Å². The Balaban J connectivity index is 1.49. The van der Waals surface area contributed by atoms with Crippen molar-refractivity contribution in [2.75, 3.05) is 45.3 Å². The van der Waals surface area contributed by atoms with Crippen molar-refractivity contribution in [2.45, 2.75) is 6.54 Å². The molecule has 1 aromatic heterocycles. The zero-order valence-electron chi connectivity index (χ0n) is 17.7. The number of oxime groups is 1. The second-order valence-electron chi connectivity index (χ2n) is 7.46. The summed E-state index contributed by atoms with van der Waals surface area (Å²) in [5, 5.41) is 22.7. The minimum absolute atomic E-state index is 0.1000. The number of fused-ring (bicyclic) bond motifs is 1. The molecule has 0 atom stereocenters. The lowest BCUT2D eigenvalue weighted by Crippen LogP contribution is -2.46. The number of benzene rings is 2. The summed E-state index contributed by atoms with van der Waals surface area (Å²) in [6.45, 7) is 4.35. The summed E-state index contributed by atoms with van der Waals surface area (Å²) < 4.78 is 10.9. The van der Waals surface area contributed by atoms with Gasteiger partial charge in [0.15, 0.2) is 11.5 Å². The zero-order valence-corrected chi connectivity index (χ0v) is 17.7. The first-order valence-corrected chi connectivity index (χ1v) is 10.1. The van der Waals surface area contributed by atoms with Gasteiger partial charge in [0.1, 0.15) is 5.75 Å². The highest BCUT2D eigenvalue weighted by Crippen LogP contribution is 2.36. The standard InChI is InChI=1S/C23H26N4O4/c1-30-22-12-18-19(13-23(22)31-2)24-6-5-20(18)27-9-7-26(8-10-27)15-16-3-4-21(28)17(11-16)14-25-29/h3-6,11-14,28-29H,7-10,15H2,1-2H3. The molecule has 8 heteroatoms. The van der Waals surface area contributed by atoms with Crippen molar-refractivity contribution in [3.05, 3.63) is 53.7 Å². The van der Waals surface area contributed by atoms with Gasteiger partial charge >= 0.3 is 0 Å². The molecule has 0 spiro atoms. The van der Waals surface area contributed by atoms with Crippen molar-refractivity contribution in [3.63, 3.8) is 0 Å². The normalized spacial score (nSPS) is 15.0. The fraction of sp³-hybridized carbons (Fsp3) is 0.304. The molecule has 1 saturated heterocycles. The summed E-state index contributed by atoms with van der Waals surface area (Å²) >= 11 is 0. The molecule has 162 valence electrons. The van der Waals surface area contributed by atoms with E-state index in [0.717, 1.165) is 54.9 Å². The molecule has 0 aliphatic carbocycles. The number of pyridine rings is 1. The van der Waals surface area contributed by atoms with Crippen LogP contribution in [0.1, 0.15) is 11.1 Å². The maximum absolute atomic E-state index is 9.85. The summed E-state index contributed by atoms with van der Waals surface area (Å²) in [4.78, 5) is 9.24. The summed E-state index contributed by atoms with van der Waals surface area (Å²) in [6.07, 6.45) is 3.07. The van der Waals surface area contributed by atoms with Gasteiger partial charge in [0.05, 0.1) is 26.0 Å². The fourth-order valence-electron chi connectivity index (χ4n) is 4.01. The van der Waals surface area contributed by atoms with E-state index in [-0.39, 0.29) is 5.75 Å². The molecule has 1 aliphatic rings. The third-order valence-electron chi connectivity index (χ3n) is 5.63. The first-order chi connectivity index (χ1) is 15.1. The van der Waals surface area contributed by atoms with Crippen LogP contribution in [0.2, 0.25) is 0 Å². The van der Waals surface area contributed by atoms with Crippen molar-refractivity contribution in [3.8, 4) is 17.2 Å². The highest BCUT2D eigenvalue weighted by Gasteiger charge is 2.20. The van der Waals surface area contributed by atoms with Gasteiger partial charge in [-0.25, -0.2) is 0 Å². The lowest BCUT2D eigenvalue weighted by Gasteiger charge is -2.36. The van der Waals surface area contributed by atoms with Crippen molar-refractivity contribution >= 4 is 22.8 Å². The van der Waals surface area contributed by atoms with Gasteiger partial charge in [-0.2, -0.15) is 0 Å². The summed E-state index contributed by atoms with van der Waals surface area (Å²) in [5.74, 6) is 1.46. The molecule has 2 heterocycles. The SMILES string of the molecule is COc1cc2nccc(N3CCN(Cc4ccc(O)c(C=NO)c4)CC3)c2cc1OC. The molecule has 8 nitrogen and oxygen atoms in total. The van der Waals surface area contributed by atoms with Crippen LogP contribution < -0.4 is 14.4 Å². The van der Waals surface area contributed by atoms with Gasteiger partial charge < -0.3 is 24.7 Å². The molecule has 0 saturated carbocycles. The molecule has 4 rings (SSSR count). The Bertz CT molecular complexity index is 1090. The van der Waals surface area contributed by atoms with Crippen LogP contribution in [0.15, 0.2) is 47.8 Å². The van der Waals surface area contributed by atoms with E-state index in [0.29, 0.717) is 17.1 Å². The van der Waals surface area contributed by atoms with Gasteiger partial charge in [0.25, 0.3) is 0 Å². The number of anilines is 1. The Morgan fingerprint density at radius 1 is 1.03 bits per heavy atom. The maximum Gasteiger partial charge on any atom is 0.162 e. The molecule has 1 fully saturated rings. The van der Waals surface area contributed by atoms with E-state index in [1.54, 1.807) is 20.3 Å². The van der Waals surface area contributed by atoms with Crippen molar-refractivity contribution in [1.82, 2.24) is 9.88 Å². The van der Waals surface area contributed by atoms with Crippen LogP contribution >= 0.6 is 0 Å². The largest absolute Gasteiger partial charge is 0.507 e. The van der Waals surface area contributed by atoms with E-state index in [1.807, 2.05) is 36.5 Å². The second-order valence-corrected chi connectivity index (χ2v) is 7.46. The lowest BCUT2D eigenvalue weighted by atomic mass is 10.1. The van der Waals surface area contributed by atoms with Crippen molar-refractivity contribution in [2.24, 2.45) is 5.16 Å². The number of aromatic hydroxyl groups is 1. The number of aromatic nitrogens is 1. The van der Waals surface area contributed by atoms with Crippen LogP contribution in [0, 0.1) is 0 Å². The number of hydrogen-bond donors (Lipinski definition) is 2. The molecule has 0 radical (unpaired) electrons. The predicted molar refractivity (Wildman–Crippen MR) is 120 cm³/mol. The van der Waals surface area contributed by atoms with E-state index in [4.69, 9.17) is 14.7 Å². The molecule has 0 bridgehead atoms. The molecule has 1 aliphatic heterocycles. The molecule has 2 N–H and O–H groups in total. The van der Waals surface area contributed by atoms with E-state index in [2.05, 4.69) is 19.9 Å².